The van der Waals surface area contributed by atoms with Crippen LogP contribution in [-0.4, -0.2) is 16.3 Å². The van der Waals surface area contributed by atoms with Gasteiger partial charge in [0.15, 0.2) is 0 Å². The SMILES string of the molecule is CCC(C)[C@@H]1N=C(C)[C@H](CC)S1. The molecule has 0 N–H and O–H groups in total. The monoisotopic (exact) mass is 185 g/mol. The molecule has 1 aliphatic rings. The van der Waals surface area contributed by atoms with E-state index in [-0.39, 0.29) is 0 Å². The summed E-state index contributed by atoms with van der Waals surface area (Å²) in [6.45, 7) is 8.96. The Morgan fingerprint density at radius 1 is 1.50 bits per heavy atom. The van der Waals surface area contributed by atoms with Crippen molar-refractivity contribution < 1.29 is 0 Å². The summed E-state index contributed by atoms with van der Waals surface area (Å²) in [7, 11) is 0. The van der Waals surface area contributed by atoms with Crippen LogP contribution >= 0.6 is 11.8 Å². The third kappa shape index (κ3) is 2.03. The molecule has 3 atom stereocenters. The van der Waals surface area contributed by atoms with Gasteiger partial charge in [-0.05, 0) is 19.3 Å². The van der Waals surface area contributed by atoms with E-state index in [2.05, 4.69) is 27.7 Å². The second-order valence-corrected chi connectivity index (χ2v) is 4.90. The van der Waals surface area contributed by atoms with Gasteiger partial charge in [-0.15, -0.1) is 11.8 Å². The molecule has 0 aromatic carbocycles. The second kappa shape index (κ2) is 4.31. The largest absolute Gasteiger partial charge is 0.279 e. The van der Waals surface area contributed by atoms with Crippen molar-refractivity contribution in [1.82, 2.24) is 0 Å². The summed E-state index contributed by atoms with van der Waals surface area (Å²) >= 11 is 2.05. The van der Waals surface area contributed by atoms with Crippen LogP contribution in [0.1, 0.15) is 40.5 Å². The summed E-state index contributed by atoms with van der Waals surface area (Å²) in [4.78, 5) is 4.69. The topological polar surface area (TPSA) is 12.4 Å². The van der Waals surface area contributed by atoms with Crippen molar-refractivity contribution >= 4 is 17.5 Å². The molecule has 1 nitrogen and oxygen atoms in total. The maximum Gasteiger partial charge on any atom is 0.0982 e. The zero-order chi connectivity index (χ0) is 9.14. The second-order valence-electron chi connectivity index (χ2n) is 3.58. The van der Waals surface area contributed by atoms with Gasteiger partial charge in [-0.25, -0.2) is 0 Å². The Morgan fingerprint density at radius 2 is 2.17 bits per heavy atom. The van der Waals surface area contributed by atoms with Gasteiger partial charge in [-0.3, -0.25) is 4.99 Å². The highest BCUT2D eigenvalue weighted by molar-refractivity contribution is 8.01. The third-order valence-electron chi connectivity index (χ3n) is 2.60. The molecule has 12 heavy (non-hydrogen) atoms. The summed E-state index contributed by atoms with van der Waals surface area (Å²) < 4.78 is 0. The quantitative estimate of drug-likeness (QED) is 0.657. The molecule has 1 aliphatic heterocycles. The van der Waals surface area contributed by atoms with E-state index >= 15 is 0 Å². The fourth-order valence-corrected chi connectivity index (χ4v) is 2.91. The summed E-state index contributed by atoms with van der Waals surface area (Å²) in [6, 6.07) is 0. The Hall–Kier alpha value is 0.0200. The molecule has 0 fully saturated rings. The third-order valence-corrected chi connectivity index (χ3v) is 4.45. The van der Waals surface area contributed by atoms with Gasteiger partial charge in [0.25, 0.3) is 0 Å². The van der Waals surface area contributed by atoms with Crippen molar-refractivity contribution in [3.8, 4) is 0 Å². The highest BCUT2D eigenvalue weighted by Crippen LogP contribution is 2.35. The predicted molar refractivity (Wildman–Crippen MR) is 58.0 cm³/mol. The first-order chi connectivity index (χ1) is 5.69. The Bertz CT molecular complexity index is 177. The lowest BCUT2D eigenvalue weighted by atomic mass is 10.1. The normalized spacial score (nSPS) is 31.8. The van der Waals surface area contributed by atoms with Gasteiger partial charge in [-0.2, -0.15) is 0 Å². The van der Waals surface area contributed by atoms with E-state index in [1.54, 1.807) is 0 Å². The minimum absolute atomic E-state index is 0.542. The average Bonchev–Trinajstić information content (AvgIpc) is 2.45. The average molecular weight is 185 g/mol. The summed E-state index contributed by atoms with van der Waals surface area (Å²) in [5.41, 5.74) is 1.35. The molecular weight excluding hydrogens is 166 g/mol. The fourth-order valence-electron chi connectivity index (χ4n) is 1.44. The molecule has 0 amide bonds. The van der Waals surface area contributed by atoms with Crippen LogP contribution in [0.2, 0.25) is 0 Å². The van der Waals surface area contributed by atoms with Crippen molar-refractivity contribution in [3.05, 3.63) is 0 Å². The summed E-state index contributed by atoms with van der Waals surface area (Å²) in [5.74, 6) is 0.737. The lowest BCUT2D eigenvalue weighted by Gasteiger charge is -2.14. The van der Waals surface area contributed by atoms with Crippen molar-refractivity contribution in [2.75, 3.05) is 0 Å². The Labute approximate surface area is 80.0 Å². The first-order valence-electron chi connectivity index (χ1n) is 4.88. The fraction of sp³-hybridized carbons (Fsp3) is 0.900. The summed E-state index contributed by atoms with van der Waals surface area (Å²) in [6.07, 6.45) is 2.47. The number of hydrogen-bond donors (Lipinski definition) is 0. The Balaban J connectivity index is 2.53. The molecule has 0 radical (unpaired) electrons. The van der Waals surface area contributed by atoms with E-state index in [1.807, 2.05) is 11.8 Å². The molecule has 1 rings (SSSR count). The van der Waals surface area contributed by atoms with Gasteiger partial charge < -0.3 is 0 Å². The minimum atomic E-state index is 0.542. The van der Waals surface area contributed by atoms with Crippen molar-refractivity contribution in [2.45, 2.75) is 51.2 Å². The van der Waals surface area contributed by atoms with Crippen LogP contribution in [0.5, 0.6) is 0 Å². The van der Waals surface area contributed by atoms with Gasteiger partial charge in [0.05, 0.1) is 5.37 Å². The Morgan fingerprint density at radius 3 is 2.58 bits per heavy atom. The predicted octanol–water partition coefficient (Wildman–Crippen LogP) is 3.34. The molecule has 2 heteroatoms. The van der Waals surface area contributed by atoms with E-state index in [4.69, 9.17) is 4.99 Å². The van der Waals surface area contributed by atoms with Crippen LogP contribution in [-0.2, 0) is 0 Å². The van der Waals surface area contributed by atoms with Crippen molar-refractivity contribution in [1.29, 1.82) is 0 Å². The summed E-state index contributed by atoms with van der Waals surface area (Å²) in [5, 5.41) is 1.24. The van der Waals surface area contributed by atoms with Crippen molar-refractivity contribution in [2.24, 2.45) is 10.9 Å². The van der Waals surface area contributed by atoms with Gasteiger partial charge in [0.2, 0.25) is 0 Å². The molecule has 1 heterocycles. The molecule has 0 bridgehead atoms. The molecule has 0 saturated carbocycles. The number of nitrogens with zero attached hydrogens (tertiary/aromatic N) is 1. The van der Waals surface area contributed by atoms with Crippen LogP contribution in [0.15, 0.2) is 4.99 Å². The molecule has 0 aromatic heterocycles. The first kappa shape index (κ1) is 10.1. The van der Waals surface area contributed by atoms with Gasteiger partial charge in [-0.1, -0.05) is 27.2 Å². The van der Waals surface area contributed by atoms with E-state index in [9.17, 15) is 0 Å². The van der Waals surface area contributed by atoms with Gasteiger partial charge >= 0.3 is 0 Å². The van der Waals surface area contributed by atoms with Crippen LogP contribution in [0, 0.1) is 5.92 Å². The van der Waals surface area contributed by atoms with Gasteiger partial charge in [0.1, 0.15) is 0 Å². The highest BCUT2D eigenvalue weighted by Gasteiger charge is 2.27. The molecule has 1 unspecified atom stereocenters. The number of thioether (sulfide) groups is 1. The molecule has 0 aromatic rings. The standard InChI is InChI=1S/C10H19NS/c1-5-7(3)10-11-8(4)9(6-2)12-10/h7,9-10H,5-6H2,1-4H3/t7?,9-,10+/m0/s1. The smallest absolute Gasteiger partial charge is 0.0982 e. The molecule has 0 saturated heterocycles. The minimum Gasteiger partial charge on any atom is -0.279 e. The van der Waals surface area contributed by atoms with Crippen LogP contribution < -0.4 is 0 Å². The zero-order valence-electron chi connectivity index (χ0n) is 8.50. The molecular formula is C10H19NS. The van der Waals surface area contributed by atoms with E-state index in [0.29, 0.717) is 10.6 Å². The lowest BCUT2D eigenvalue weighted by molar-refractivity contribution is 0.549. The van der Waals surface area contributed by atoms with E-state index < -0.39 is 0 Å². The molecule has 0 spiro atoms. The van der Waals surface area contributed by atoms with Crippen LogP contribution in [0.3, 0.4) is 0 Å². The highest BCUT2D eigenvalue weighted by atomic mass is 32.2. The van der Waals surface area contributed by atoms with Crippen LogP contribution in [0.4, 0.5) is 0 Å². The van der Waals surface area contributed by atoms with Crippen molar-refractivity contribution in [3.63, 3.8) is 0 Å². The van der Waals surface area contributed by atoms with Crippen LogP contribution in [0.25, 0.3) is 0 Å². The zero-order valence-corrected chi connectivity index (χ0v) is 9.32. The van der Waals surface area contributed by atoms with Gasteiger partial charge in [0, 0.05) is 11.0 Å². The number of hydrogen-bond acceptors (Lipinski definition) is 2. The Kier molecular flexibility index (Phi) is 3.63. The lowest BCUT2D eigenvalue weighted by Crippen LogP contribution is -2.10. The molecule has 0 aliphatic carbocycles. The van der Waals surface area contributed by atoms with E-state index in [0.717, 1.165) is 5.92 Å². The van der Waals surface area contributed by atoms with E-state index in [1.165, 1.54) is 18.6 Å². The number of aliphatic imine (C=N–C) groups is 1. The number of rotatable bonds is 3. The first-order valence-corrected chi connectivity index (χ1v) is 5.83. The maximum atomic E-state index is 4.69. The maximum absolute atomic E-state index is 4.69. The molecule has 70 valence electrons.